The summed E-state index contributed by atoms with van der Waals surface area (Å²) in [6, 6.07) is 0.679. The van der Waals surface area contributed by atoms with Crippen molar-refractivity contribution >= 4 is 0 Å². The van der Waals surface area contributed by atoms with Gasteiger partial charge in [-0.15, -0.1) is 0 Å². The molecule has 0 aromatic heterocycles. The van der Waals surface area contributed by atoms with E-state index in [0.717, 1.165) is 12.5 Å². The molecule has 0 spiro atoms. The van der Waals surface area contributed by atoms with Gasteiger partial charge in [-0.05, 0) is 59.0 Å². The highest BCUT2D eigenvalue weighted by molar-refractivity contribution is 4.81. The van der Waals surface area contributed by atoms with Gasteiger partial charge in [-0.1, -0.05) is 13.8 Å². The summed E-state index contributed by atoms with van der Waals surface area (Å²) in [6.07, 6.45) is 3.94. The van der Waals surface area contributed by atoms with E-state index in [4.69, 9.17) is 0 Å². The van der Waals surface area contributed by atoms with E-state index in [1.807, 2.05) is 0 Å². The molecule has 1 aliphatic heterocycles. The minimum absolute atomic E-state index is 0.289. The zero-order valence-corrected chi connectivity index (χ0v) is 11.8. The van der Waals surface area contributed by atoms with Gasteiger partial charge >= 0.3 is 0 Å². The van der Waals surface area contributed by atoms with Crippen molar-refractivity contribution in [2.45, 2.75) is 65.5 Å². The van der Waals surface area contributed by atoms with Crippen molar-refractivity contribution in [3.8, 4) is 0 Å². The third-order valence-electron chi connectivity index (χ3n) is 4.20. The molecular weight excluding hydrogens is 196 g/mol. The first-order valence-electron chi connectivity index (χ1n) is 6.93. The Bertz CT molecular complexity index is 193. The molecule has 0 radical (unpaired) electrons. The van der Waals surface area contributed by atoms with Crippen LogP contribution in [0.1, 0.15) is 53.9 Å². The number of hydrogen-bond acceptors (Lipinski definition) is 2. The van der Waals surface area contributed by atoms with Gasteiger partial charge in [0.2, 0.25) is 0 Å². The van der Waals surface area contributed by atoms with Crippen molar-refractivity contribution in [3.05, 3.63) is 0 Å². The van der Waals surface area contributed by atoms with Gasteiger partial charge in [0.15, 0.2) is 0 Å². The van der Waals surface area contributed by atoms with E-state index in [-0.39, 0.29) is 5.54 Å². The van der Waals surface area contributed by atoms with Crippen molar-refractivity contribution in [2.24, 2.45) is 5.92 Å². The molecule has 16 heavy (non-hydrogen) atoms. The minimum atomic E-state index is 0.289. The fourth-order valence-electron chi connectivity index (χ4n) is 2.15. The summed E-state index contributed by atoms with van der Waals surface area (Å²) in [4.78, 5) is 2.64. The van der Waals surface area contributed by atoms with Gasteiger partial charge in [0.1, 0.15) is 0 Å². The summed E-state index contributed by atoms with van der Waals surface area (Å²) in [5.74, 6) is 0.934. The predicted octanol–water partition coefficient (Wildman–Crippen LogP) is 2.89. The van der Waals surface area contributed by atoms with Crippen LogP contribution in [0.15, 0.2) is 0 Å². The van der Waals surface area contributed by atoms with Crippen LogP contribution < -0.4 is 5.32 Å². The second kappa shape index (κ2) is 6.02. The van der Waals surface area contributed by atoms with Crippen LogP contribution in [0.25, 0.3) is 0 Å². The fraction of sp³-hybridized carbons (Fsp3) is 1.00. The molecule has 1 heterocycles. The Balaban J connectivity index is 2.27. The van der Waals surface area contributed by atoms with Gasteiger partial charge < -0.3 is 5.32 Å². The van der Waals surface area contributed by atoms with Crippen LogP contribution in [0.3, 0.4) is 0 Å². The average molecular weight is 226 g/mol. The number of piperidine rings is 1. The monoisotopic (exact) mass is 226 g/mol. The van der Waals surface area contributed by atoms with E-state index in [1.165, 1.54) is 32.4 Å². The van der Waals surface area contributed by atoms with Crippen LogP contribution in [-0.4, -0.2) is 36.1 Å². The molecule has 0 bridgehead atoms. The smallest absolute Gasteiger partial charge is 0.0192 e. The second-order valence-corrected chi connectivity index (χ2v) is 6.19. The lowest BCUT2D eigenvalue weighted by molar-refractivity contribution is 0.138. The summed E-state index contributed by atoms with van der Waals surface area (Å²) in [6.45, 7) is 15.3. The van der Waals surface area contributed by atoms with Crippen molar-refractivity contribution in [3.63, 3.8) is 0 Å². The SMILES string of the molecule is CCC(C)(C)NCC(C)N1CCC(C)CC1. The topological polar surface area (TPSA) is 15.3 Å². The van der Waals surface area contributed by atoms with Crippen LogP contribution in [0.2, 0.25) is 0 Å². The van der Waals surface area contributed by atoms with E-state index >= 15 is 0 Å². The van der Waals surface area contributed by atoms with E-state index in [0.29, 0.717) is 6.04 Å². The first kappa shape index (κ1) is 14.0. The molecule has 1 N–H and O–H groups in total. The highest BCUT2D eigenvalue weighted by atomic mass is 15.2. The van der Waals surface area contributed by atoms with Gasteiger partial charge in [-0.25, -0.2) is 0 Å². The van der Waals surface area contributed by atoms with Crippen LogP contribution in [0.4, 0.5) is 0 Å². The Kier molecular flexibility index (Phi) is 5.26. The van der Waals surface area contributed by atoms with Crippen molar-refractivity contribution in [1.82, 2.24) is 10.2 Å². The Labute approximate surface area is 102 Å². The van der Waals surface area contributed by atoms with Gasteiger partial charge in [0.05, 0.1) is 0 Å². The highest BCUT2D eigenvalue weighted by Crippen LogP contribution is 2.18. The average Bonchev–Trinajstić information content (AvgIpc) is 2.27. The molecule has 1 fully saturated rings. The third kappa shape index (κ3) is 4.42. The zero-order chi connectivity index (χ0) is 12.2. The summed E-state index contributed by atoms with van der Waals surface area (Å²) in [7, 11) is 0. The van der Waals surface area contributed by atoms with E-state index in [2.05, 4.69) is 44.8 Å². The number of nitrogens with zero attached hydrogens (tertiary/aromatic N) is 1. The van der Waals surface area contributed by atoms with Gasteiger partial charge in [0, 0.05) is 18.1 Å². The number of hydrogen-bond donors (Lipinski definition) is 1. The molecule has 2 nitrogen and oxygen atoms in total. The van der Waals surface area contributed by atoms with Crippen LogP contribution >= 0.6 is 0 Å². The first-order valence-corrected chi connectivity index (χ1v) is 6.93. The van der Waals surface area contributed by atoms with Crippen molar-refractivity contribution in [1.29, 1.82) is 0 Å². The molecule has 1 atom stereocenters. The lowest BCUT2D eigenvalue weighted by Gasteiger charge is -2.37. The molecule has 1 rings (SSSR count). The lowest BCUT2D eigenvalue weighted by atomic mass is 9.97. The number of rotatable bonds is 5. The fourth-order valence-corrected chi connectivity index (χ4v) is 2.15. The molecule has 0 aromatic rings. The summed E-state index contributed by atoms with van der Waals surface area (Å²) >= 11 is 0. The van der Waals surface area contributed by atoms with Gasteiger partial charge in [-0.2, -0.15) is 0 Å². The van der Waals surface area contributed by atoms with Crippen molar-refractivity contribution < 1.29 is 0 Å². The number of likely N-dealkylation sites (tertiary alicyclic amines) is 1. The lowest BCUT2D eigenvalue weighted by Crippen LogP contribution is -2.49. The van der Waals surface area contributed by atoms with E-state index in [1.54, 1.807) is 0 Å². The molecule has 0 saturated carbocycles. The van der Waals surface area contributed by atoms with Crippen LogP contribution in [0, 0.1) is 5.92 Å². The molecule has 0 aliphatic carbocycles. The molecule has 2 heteroatoms. The minimum Gasteiger partial charge on any atom is -0.310 e. The Hall–Kier alpha value is -0.0800. The van der Waals surface area contributed by atoms with E-state index in [9.17, 15) is 0 Å². The molecule has 1 saturated heterocycles. The van der Waals surface area contributed by atoms with Gasteiger partial charge in [0.25, 0.3) is 0 Å². The normalized spacial score (nSPS) is 22.3. The summed E-state index contributed by atoms with van der Waals surface area (Å²) < 4.78 is 0. The molecule has 0 aromatic carbocycles. The maximum absolute atomic E-state index is 3.68. The molecule has 0 amide bonds. The van der Waals surface area contributed by atoms with Gasteiger partial charge in [-0.3, -0.25) is 4.90 Å². The molecular formula is C14H30N2. The molecule has 1 aliphatic rings. The maximum Gasteiger partial charge on any atom is 0.0192 e. The highest BCUT2D eigenvalue weighted by Gasteiger charge is 2.22. The molecule has 1 unspecified atom stereocenters. The number of nitrogens with one attached hydrogen (secondary N) is 1. The summed E-state index contributed by atoms with van der Waals surface area (Å²) in [5.41, 5.74) is 0.289. The maximum atomic E-state index is 3.68. The van der Waals surface area contributed by atoms with E-state index < -0.39 is 0 Å². The quantitative estimate of drug-likeness (QED) is 0.775. The first-order chi connectivity index (χ1) is 7.44. The largest absolute Gasteiger partial charge is 0.310 e. The van der Waals surface area contributed by atoms with Crippen LogP contribution in [0.5, 0.6) is 0 Å². The Morgan fingerprint density at radius 3 is 2.38 bits per heavy atom. The Morgan fingerprint density at radius 1 is 1.31 bits per heavy atom. The van der Waals surface area contributed by atoms with Crippen LogP contribution in [-0.2, 0) is 0 Å². The molecule has 96 valence electrons. The third-order valence-corrected chi connectivity index (χ3v) is 4.20. The zero-order valence-electron chi connectivity index (χ0n) is 11.8. The second-order valence-electron chi connectivity index (χ2n) is 6.19. The standard InChI is InChI=1S/C14H30N2/c1-6-14(4,5)15-11-13(3)16-9-7-12(2)8-10-16/h12-13,15H,6-11H2,1-5H3. The Morgan fingerprint density at radius 2 is 1.88 bits per heavy atom. The van der Waals surface area contributed by atoms with Crippen molar-refractivity contribution in [2.75, 3.05) is 19.6 Å². The summed E-state index contributed by atoms with van der Waals surface area (Å²) in [5, 5.41) is 3.68. The predicted molar refractivity (Wildman–Crippen MR) is 71.8 cm³/mol.